The summed E-state index contributed by atoms with van der Waals surface area (Å²) in [6.07, 6.45) is 5.08. The van der Waals surface area contributed by atoms with Crippen LogP contribution in [0.2, 0.25) is 0 Å². The molecule has 1 aromatic carbocycles. The Morgan fingerprint density at radius 3 is 1.94 bits per heavy atom. The lowest BCUT2D eigenvalue weighted by Crippen LogP contribution is -2.31. The van der Waals surface area contributed by atoms with Crippen LogP contribution in [0.25, 0.3) is 33.9 Å². The summed E-state index contributed by atoms with van der Waals surface area (Å²) in [6.45, 7) is 2.05. The number of aryl methyl sites for hydroxylation is 1. The molecular weight excluding hydrogens is 426 g/mol. The Kier molecular flexibility index (Phi) is 5.66. The summed E-state index contributed by atoms with van der Waals surface area (Å²) in [6, 6.07) is 23.5. The Morgan fingerprint density at radius 1 is 0.765 bits per heavy atom. The smallest absolute Gasteiger partial charge is 0.296 e. The van der Waals surface area contributed by atoms with Crippen LogP contribution in [0.5, 0.6) is 0 Å². The van der Waals surface area contributed by atoms with Crippen molar-refractivity contribution in [1.29, 1.82) is 0 Å². The molecule has 0 aliphatic rings. The van der Waals surface area contributed by atoms with Crippen LogP contribution in [0.1, 0.15) is 11.1 Å². The number of aromatic amines is 1. The van der Waals surface area contributed by atoms with Gasteiger partial charge in [-0.25, -0.2) is 9.78 Å². The number of hydrogen-bond donors (Lipinski definition) is 1. The van der Waals surface area contributed by atoms with E-state index >= 15 is 0 Å². The molecule has 0 amide bonds. The first-order valence-corrected chi connectivity index (χ1v) is 10.8. The van der Waals surface area contributed by atoms with Crippen molar-refractivity contribution in [2.75, 3.05) is 0 Å². The molecule has 0 saturated carbocycles. The van der Waals surface area contributed by atoms with E-state index in [1.54, 1.807) is 25.5 Å². The van der Waals surface area contributed by atoms with E-state index < -0.39 is 5.69 Å². The lowest BCUT2D eigenvalue weighted by atomic mass is 10.0. The van der Waals surface area contributed by atoms with Crippen LogP contribution >= 0.6 is 0 Å². The Morgan fingerprint density at radius 2 is 1.38 bits per heavy atom. The van der Waals surface area contributed by atoms with Gasteiger partial charge in [0.25, 0.3) is 5.56 Å². The van der Waals surface area contributed by atoms with E-state index in [9.17, 15) is 9.59 Å². The monoisotopic (exact) mass is 447 g/mol. The molecule has 0 aliphatic carbocycles. The van der Waals surface area contributed by atoms with Crippen LogP contribution in [-0.4, -0.2) is 24.5 Å². The molecule has 4 aromatic heterocycles. The van der Waals surface area contributed by atoms with E-state index in [1.165, 1.54) is 4.57 Å². The molecule has 7 nitrogen and oxygen atoms in total. The number of aromatic nitrogens is 5. The first-order valence-electron chi connectivity index (χ1n) is 10.8. The van der Waals surface area contributed by atoms with Crippen LogP contribution in [-0.2, 0) is 6.54 Å². The van der Waals surface area contributed by atoms with Crippen molar-refractivity contribution in [2.45, 2.75) is 13.5 Å². The van der Waals surface area contributed by atoms with E-state index in [1.807, 2.05) is 72.8 Å². The zero-order valence-corrected chi connectivity index (χ0v) is 18.5. The zero-order valence-electron chi connectivity index (χ0n) is 18.5. The molecule has 0 bridgehead atoms. The van der Waals surface area contributed by atoms with Crippen LogP contribution in [0.3, 0.4) is 0 Å². The van der Waals surface area contributed by atoms with Gasteiger partial charge in [0.2, 0.25) is 0 Å². The van der Waals surface area contributed by atoms with Crippen LogP contribution < -0.4 is 11.2 Å². The molecule has 1 N–H and O–H groups in total. The van der Waals surface area contributed by atoms with Gasteiger partial charge in [-0.2, -0.15) is 0 Å². The summed E-state index contributed by atoms with van der Waals surface area (Å²) >= 11 is 0. The van der Waals surface area contributed by atoms with E-state index in [0.717, 1.165) is 39.5 Å². The number of pyridine rings is 3. The van der Waals surface area contributed by atoms with Crippen molar-refractivity contribution in [3.05, 3.63) is 123 Å². The Hall–Kier alpha value is -4.65. The zero-order chi connectivity index (χ0) is 23.5. The third kappa shape index (κ3) is 4.45. The van der Waals surface area contributed by atoms with Gasteiger partial charge in [0.1, 0.15) is 0 Å². The van der Waals surface area contributed by atoms with Crippen molar-refractivity contribution in [1.82, 2.24) is 24.5 Å². The predicted molar refractivity (Wildman–Crippen MR) is 131 cm³/mol. The maximum atomic E-state index is 12.1. The minimum atomic E-state index is -0.422. The van der Waals surface area contributed by atoms with Gasteiger partial charge in [-0.05, 0) is 60.0 Å². The highest BCUT2D eigenvalue weighted by atomic mass is 16.2. The SMILES string of the molecule is Cc1cn(Cc2ccc(-c3cc(-c4ccccn4)nc(-c4ccccn4)c3)cc2)c(=O)[nH]c1=O. The first-order chi connectivity index (χ1) is 16.6. The van der Waals surface area contributed by atoms with Crippen molar-refractivity contribution < 1.29 is 0 Å². The molecule has 34 heavy (non-hydrogen) atoms. The molecule has 4 heterocycles. The highest BCUT2D eigenvalue weighted by Crippen LogP contribution is 2.29. The second-order valence-electron chi connectivity index (χ2n) is 7.95. The second-order valence-corrected chi connectivity index (χ2v) is 7.95. The standard InChI is InChI=1S/C27H21N5O2/c1-18-16-32(27(34)31-26(18)33)17-19-8-10-20(11-9-19)21-14-24(22-6-2-4-12-28-22)30-25(15-21)23-7-3-5-13-29-23/h2-16H,17H2,1H3,(H,31,33,34). The fourth-order valence-electron chi connectivity index (χ4n) is 3.72. The number of hydrogen-bond acceptors (Lipinski definition) is 5. The van der Waals surface area contributed by atoms with Crippen molar-refractivity contribution >= 4 is 0 Å². The summed E-state index contributed by atoms with van der Waals surface area (Å²) in [7, 11) is 0. The lowest BCUT2D eigenvalue weighted by molar-refractivity contribution is 0.713. The number of nitrogens with zero attached hydrogens (tertiary/aromatic N) is 4. The third-order valence-corrected chi connectivity index (χ3v) is 5.51. The molecular formula is C27H21N5O2. The van der Waals surface area contributed by atoms with Gasteiger partial charge in [-0.1, -0.05) is 36.4 Å². The van der Waals surface area contributed by atoms with Crippen LogP contribution in [0.4, 0.5) is 0 Å². The number of H-pyrrole nitrogens is 1. The summed E-state index contributed by atoms with van der Waals surface area (Å²) in [4.78, 5) is 39.8. The lowest BCUT2D eigenvalue weighted by Gasteiger charge is -2.11. The van der Waals surface area contributed by atoms with Gasteiger partial charge in [0.05, 0.1) is 29.3 Å². The minimum Gasteiger partial charge on any atom is -0.296 e. The molecule has 0 saturated heterocycles. The van der Waals surface area contributed by atoms with Gasteiger partial charge >= 0.3 is 5.69 Å². The molecule has 5 rings (SSSR count). The van der Waals surface area contributed by atoms with Gasteiger partial charge in [0, 0.05) is 24.2 Å². The van der Waals surface area contributed by atoms with Crippen molar-refractivity contribution in [3.8, 4) is 33.9 Å². The molecule has 5 aromatic rings. The summed E-state index contributed by atoms with van der Waals surface area (Å²) < 4.78 is 1.50. The Labute approximate surface area is 195 Å². The van der Waals surface area contributed by atoms with Gasteiger partial charge < -0.3 is 0 Å². The Bertz CT molecular complexity index is 1500. The minimum absolute atomic E-state index is 0.360. The maximum absolute atomic E-state index is 12.1. The average molecular weight is 447 g/mol. The quantitative estimate of drug-likeness (QED) is 0.438. The van der Waals surface area contributed by atoms with E-state index in [2.05, 4.69) is 15.0 Å². The molecule has 0 atom stereocenters. The number of rotatable bonds is 5. The number of nitrogens with one attached hydrogen (secondary N) is 1. The highest BCUT2D eigenvalue weighted by Gasteiger charge is 2.10. The number of benzene rings is 1. The molecule has 0 fully saturated rings. The van der Waals surface area contributed by atoms with Crippen LogP contribution in [0, 0.1) is 6.92 Å². The summed E-state index contributed by atoms with van der Waals surface area (Å²) in [5.74, 6) is 0. The molecule has 0 spiro atoms. The summed E-state index contributed by atoms with van der Waals surface area (Å²) in [5.41, 5.74) is 5.74. The third-order valence-electron chi connectivity index (χ3n) is 5.51. The van der Waals surface area contributed by atoms with E-state index in [-0.39, 0.29) is 5.56 Å². The van der Waals surface area contributed by atoms with Crippen molar-refractivity contribution in [2.24, 2.45) is 0 Å². The average Bonchev–Trinajstić information content (AvgIpc) is 2.88. The van der Waals surface area contributed by atoms with Crippen LogP contribution in [0.15, 0.2) is 101 Å². The maximum Gasteiger partial charge on any atom is 0.328 e. The predicted octanol–water partition coefficient (Wildman–Crippen LogP) is 4.08. The molecule has 0 aliphatic heterocycles. The second kappa shape index (κ2) is 9.07. The summed E-state index contributed by atoms with van der Waals surface area (Å²) in [5, 5.41) is 0. The van der Waals surface area contributed by atoms with Gasteiger partial charge in [-0.3, -0.25) is 24.3 Å². The fraction of sp³-hybridized carbons (Fsp3) is 0.0741. The molecule has 0 unspecified atom stereocenters. The van der Waals surface area contributed by atoms with E-state index in [4.69, 9.17) is 4.98 Å². The Balaban J connectivity index is 1.52. The molecule has 166 valence electrons. The van der Waals surface area contributed by atoms with Gasteiger partial charge in [-0.15, -0.1) is 0 Å². The highest BCUT2D eigenvalue weighted by molar-refractivity contribution is 5.74. The molecule has 7 heteroatoms. The topological polar surface area (TPSA) is 93.5 Å². The van der Waals surface area contributed by atoms with Gasteiger partial charge in [0.15, 0.2) is 0 Å². The van der Waals surface area contributed by atoms with E-state index in [0.29, 0.717) is 12.1 Å². The largest absolute Gasteiger partial charge is 0.328 e. The normalized spacial score (nSPS) is 10.9. The molecule has 0 radical (unpaired) electrons. The van der Waals surface area contributed by atoms with Crippen molar-refractivity contribution in [3.63, 3.8) is 0 Å². The first kappa shape index (κ1) is 21.2. The fourth-order valence-corrected chi connectivity index (χ4v) is 3.72.